The summed E-state index contributed by atoms with van der Waals surface area (Å²) in [6.07, 6.45) is 1.05. The molecule has 366 valence electrons. The zero-order chi connectivity index (χ0) is 48.8. The van der Waals surface area contributed by atoms with Crippen molar-refractivity contribution >= 4 is 66.3 Å². The number of likely N-dealkylation sites (tertiary alicyclic amines) is 1. The monoisotopic (exact) mass is 926 g/mol. The topological polar surface area (TPSA) is 317 Å². The van der Waals surface area contributed by atoms with Gasteiger partial charge in [0.15, 0.2) is 0 Å². The van der Waals surface area contributed by atoms with Gasteiger partial charge >= 0.3 is 31.0 Å². The number of hydrogen-bond acceptors (Lipinski definition) is 17. The molecule has 0 saturated carbocycles. The van der Waals surface area contributed by atoms with Crippen molar-refractivity contribution in [1.29, 1.82) is 0 Å². The van der Waals surface area contributed by atoms with E-state index >= 15 is 0 Å². The highest BCUT2D eigenvalue weighted by atomic mass is 16.6. The number of hydrogen-bond donors (Lipinski definition) is 7. The fraction of sp³-hybridized carbons (Fsp3) is 0.744. The second-order valence-electron chi connectivity index (χ2n) is 16.6. The van der Waals surface area contributed by atoms with Gasteiger partial charge in [-0.3, -0.25) is 72.4 Å². The van der Waals surface area contributed by atoms with Crippen LogP contribution in [-0.4, -0.2) is 254 Å². The minimum atomic E-state index is -1.11. The van der Waals surface area contributed by atoms with E-state index in [0.717, 1.165) is 0 Å². The third-order valence-electron chi connectivity index (χ3n) is 10.5. The molecule has 2 heterocycles. The van der Waals surface area contributed by atoms with Gasteiger partial charge in [0.1, 0.15) is 17.9 Å². The second kappa shape index (κ2) is 28.6. The third-order valence-corrected chi connectivity index (χ3v) is 10.5. The Balaban J connectivity index is 1.93. The van der Waals surface area contributed by atoms with E-state index in [9.17, 15) is 63.3 Å². The molecule has 2 fully saturated rings. The van der Waals surface area contributed by atoms with Gasteiger partial charge < -0.3 is 50.8 Å². The summed E-state index contributed by atoms with van der Waals surface area (Å²) in [4.78, 5) is 133. The Morgan fingerprint density at radius 2 is 1.12 bits per heavy atom. The van der Waals surface area contributed by atoms with Crippen LogP contribution in [0.25, 0.3) is 0 Å². The number of carbonyl (C=O) groups excluding carboxylic acids is 7. The normalized spacial score (nSPS) is 18.1. The second-order valence-corrected chi connectivity index (χ2v) is 16.6. The molecule has 7 N–H and O–H groups in total. The first-order valence-electron chi connectivity index (χ1n) is 21.5. The highest BCUT2D eigenvalue weighted by Gasteiger charge is 2.44. The zero-order valence-electron chi connectivity index (χ0n) is 38.2. The quantitative estimate of drug-likeness (QED) is 0.0446. The Morgan fingerprint density at radius 1 is 0.662 bits per heavy atom. The van der Waals surface area contributed by atoms with Crippen molar-refractivity contribution in [3.8, 4) is 0 Å². The minimum absolute atomic E-state index is 0.0502. The summed E-state index contributed by atoms with van der Waals surface area (Å²) >= 11 is 0. The van der Waals surface area contributed by atoms with E-state index in [4.69, 9.17) is 9.31 Å². The predicted octanol–water partition coefficient (Wildman–Crippen LogP) is -4.93. The fourth-order valence-corrected chi connectivity index (χ4v) is 7.29. The molecular formula is C39H67BN10O15. The number of carbonyl (C=O) groups is 10. The van der Waals surface area contributed by atoms with Crippen LogP contribution in [0.4, 0.5) is 0 Å². The van der Waals surface area contributed by atoms with Crippen LogP contribution in [0, 0.1) is 5.92 Å². The number of amides is 5. The largest absolute Gasteiger partial charge is 0.551 e. The smallest absolute Gasteiger partial charge is 0.507 e. The number of Topliss-reactive ketones (excluding diaryl/α,β-unsaturated/α-hetero) is 1. The Hall–Kier alpha value is -5.28. The van der Waals surface area contributed by atoms with Gasteiger partial charge in [0.05, 0.1) is 58.3 Å². The maximum atomic E-state index is 13.6. The third kappa shape index (κ3) is 22.0. The summed E-state index contributed by atoms with van der Waals surface area (Å²) in [6, 6.07) is -2.16. The molecule has 1 unspecified atom stereocenters. The molecule has 5 amide bonds. The van der Waals surface area contributed by atoms with Crippen LogP contribution < -0.4 is 21.3 Å². The molecule has 0 bridgehead atoms. The van der Waals surface area contributed by atoms with E-state index in [1.807, 2.05) is 0 Å². The summed E-state index contributed by atoms with van der Waals surface area (Å²) < 4.78 is 10.9. The van der Waals surface area contributed by atoms with Crippen molar-refractivity contribution in [2.45, 2.75) is 58.6 Å². The van der Waals surface area contributed by atoms with Gasteiger partial charge in [-0.05, 0) is 39.7 Å². The number of carboxylic acids is 3. The molecule has 0 aromatic carbocycles. The van der Waals surface area contributed by atoms with Crippen molar-refractivity contribution in [2.24, 2.45) is 5.92 Å². The molecule has 2 aliphatic heterocycles. The molecule has 0 aliphatic carbocycles. The van der Waals surface area contributed by atoms with E-state index in [1.54, 1.807) is 40.5 Å². The van der Waals surface area contributed by atoms with E-state index in [-0.39, 0.29) is 97.4 Å². The molecular weight excluding hydrogens is 859 g/mol. The Kier molecular flexibility index (Phi) is 24.6. The Bertz CT molecular complexity index is 1640. The molecule has 2 saturated heterocycles. The van der Waals surface area contributed by atoms with Gasteiger partial charge in [-0.1, -0.05) is 13.8 Å². The number of aliphatic carboxylic acids is 3. The van der Waals surface area contributed by atoms with Gasteiger partial charge in [-0.2, -0.15) is 0 Å². The highest BCUT2D eigenvalue weighted by Crippen LogP contribution is 2.22. The van der Waals surface area contributed by atoms with Crippen LogP contribution in [0.5, 0.6) is 0 Å². The van der Waals surface area contributed by atoms with E-state index < -0.39 is 97.6 Å². The molecule has 65 heavy (non-hydrogen) atoms. The molecule has 0 aromatic heterocycles. The molecule has 25 nitrogen and oxygen atoms in total. The number of carboxylic acid groups (broad SMARTS) is 3. The average molecular weight is 927 g/mol. The van der Waals surface area contributed by atoms with Crippen LogP contribution >= 0.6 is 0 Å². The van der Waals surface area contributed by atoms with Crippen LogP contribution in [-0.2, 0) is 57.3 Å². The first-order valence-corrected chi connectivity index (χ1v) is 21.5. The standard InChI is InChI=1S/C39H67BN10O15/c1-26(2)37(38(62)43-28(4)39(63)50-9-7-8-29(50)40(64-6)65-36(61)25-45(5)20-27(3)51)44-31(53)19-41-30(52)18-42-32(54)21-46-10-12-47(22-33(55)56)14-16-49(24-35(59)60)17-15-48(13-11-46)23-34(57)58/h26,28-29,37H,7-25H2,1-6H3,(H,41,52)(H,42,54)(H,43,62)(H,44,53)(H,55,56)(H,57,58)(H,59,60)/t28-,29?,37+/m1/s1. The van der Waals surface area contributed by atoms with E-state index in [0.29, 0.717) is 19.4 Å². The van der Waals surface area contributed by atoms with Gasteiger partial charge in [-0.25, -0.2) is 0 Å². The fourth-order valence-electron chi connectivity index (χ4n) is 7.29. The lowest BCUT2D eigenvalue weighted by Gasteiger charge is -2.32. The summed E-state index contributed by atoms with van der Waals surface area (Å²) in [5, 5.41) is 38.3. The van der Waals surface area contributed by atoms with Crippen molar-refractivity contribution in [3.05, 3.63) is 0 Å². The van der Waals surface area contributed by atoms with Gasteiger partial charge in [0.25, 0.3) is 0 Å². The molecule has 0 radical (unpaired) electrons. The molecule has 2 aliphatic rings. The Morgan fingerprint density at radius 3 is 1.57 bits per heavy atom. The van der Waals surface area contributed by atoms with Crippen molar-refractivity contribution in [2.75, 3.05) is 125 Å². The number of ketones is 1. The number of nitrogens with zero attached hydrogens (tertiary/aromatic N) is 6. The van der Waals surface area contributed by atoms with Crippen LogP contribution in [0.3, 0.4) is 0 Å². The van der Waals surface area contributed by atoms with Crippen molar-refractivity contribution in [3.63, 3.8) is 0 Å². The van der Waals surface area contributed by atoms with E-state index in [1.165, 1.54) is 30.8 Å². The van der Waals surface area contributed by atoms with Crippen LogP contribution in [0.15, 0.2) is 0 Å². The number of likely N-dealkylation sites (N-methyl/N-ethyl adjacent to an activating group) is 1. The summed E-state index contributed by atoms with van der Waals surface area (Å²) in [7, 11) is 1.83. The summed E-state index contributed by atoms with van der Waals surface area (Å²) in [5.74, 6) is -8.28. The van der Waals surface area contributed by atoms with E-state index in [2.05, 4.69) is 21.3 Å². The molecule has 2 rings (SSSR count). The van der Waals surface area contributed by atoms with Gasteiger partial charge in [0.2, 0.25) is 29.5 Å². The first-order chi connectivity index (χ1) is 30.6. The number of rotatable bonds is 24. The summed E-state index contributed by atoms with van der Waals surface area (Å²) in [6.45, 7) is 5.75. The first kappa shape index (κ1) is 55.9. The lowest BCUT2D eigenvalue weighted by Crippen LogP contribution is -2.58. The zero-order valence-corrected chi connectivity index (χ0v) is 38.2. The van der Waals surface area contributed by atoms with Crippen LogP contribution in [0.2, 0.25) is 0 Å². The maximum absolute atomic E-state index is 13.6. The highest BCUT2D eigenvalue weighted by molar-refractivity contribution is 6.49. The average Bonchev–Trinajstić information content (AvgIpc) is 3.69. The molecule has 3 atom stereocenters. The predicted molar refractivity (Wildman–Crippen MR) is 231 cm³/mol. The van der Waals surface area contributed by atoms with Crippen LogP contribution in [0.1, 0.15) is 40.5 Å². The molecule has 26 heteroatoms. The SMILES string of the molecule is COB(OC(=O)CN(C)CC(C)=O)C1CCCN1C(=O)[C@@H](C)NC(=O)[C@@H](NC(=O)CNC(=O)CNC(=O)CN1CCN(CC(=O)O)CCN(CC(=O)O)CCN(CC(=O)O)CC1)C(C)C. The molecule has 0 aromatic rings. The van der Waals surface area contributed by atoms with Crippen molar-refractivity contribution < 1.29 is 72.6 Å². The molecule has 0 spiro atoms. The Labute approximate surface area is 378 Å². The minimum Gasteiger partial charge on any atom is -0.507 e. The summed E-state index contributed by atoms with van der Waals surface area (Å²) in [5.41, 5.74) is 0. The van der Waals surface area contributed by atoms with Gasteiger partial charge in [0, 0.05) is 66.0 Å². The lowest BCUT2D eigenvalue weighted by molar-refractivity contribution is -0.140. The lowest BCUT2D eigenvalue weighted by atomic mass is 9.76. The van der Waals surface area contributed by atoms with Crippen molar-refractivity contribution in [1.82, 2.24) is 50.7 Å². The maximum Gasteiger partial charge on any atom is 0.551 e. The number of nitrogens with one attached hydrogen (secondary N) is 4. The van der Waals surface area contributed by atoms with Gasteiger partial charge in [-0.15, -0.1) is 0 Å².